The van der Waals surface area contributed by atoms with E-state index in [4.69, 9.17) is 5.73 Å². The van der Waals surface area contributed by atoms with Crippen molar-refractivity contribution in [3.8, 4) is 0 Å². The van der Waals surface area contributed by atoms with Gasteiger partial charge in [0, 0.05) is 6.20 Å². The number of nitrogens with two attached hydrogens (primary N) is 1. The van der Waals surface area contributed by atoms with E-state index in [1.54, 1.807) is 0 Å². The monoisotopic (exact) mass is 100 g/mol. The summed E-state index contributed by atoms with van der Waals surface area (Å²) in [6.45, 7) is 0. The number of nitrogens with zero attached hydrogens (tertiary/aromatic N) is 1. The van der Waals surface area contributed by atoms with E-state index in [0.717, 1.165) is 0 Å². The van der Waals surface area contributed by atoms with E-state index in [0.29, 0.717) is 4.79 Å². The van der Waals surface area contributed by atoms with E-state index in [-0.39, 0.29) is 5.82 Å². The molecule has 0 aliphatic carbocycles. The zero-order valence-electron chi connectivity index (χ0n) is 3.63. The SMILES string of the molecule is Nc1cccn1F. The molecule has 0 aromatic carbocycles. The number of aromatic nitrogens is 1. The number of halogens is 1. The Morgan fingerprint density at radius 3 is 2.57 bits per heavy atom. The quantitative estimate of drug-likeness (QED) is 0.513. The van der Waals surface area contributed by atoms with Gasteiger partial charge in [-0.2, -0.15) is 4.79 Å². The molecule has 3 heteroatoms. The fourth-order valence-electron chi connectivity index (χ4n) is 0.374. The van der Waals surface area contributed by atoms with Gasteiger partial charge in [0.2, 0.25) is 0 Å². The van der Waals surface area contributed by atoms with Crippen molar-refractivity contribution in [2.45, 2.75) is 0 Å². The average Bonchev–Trinajstić information content (AvgIpc) is 1.91. The van der Waals surface area contributed by atoms with Gasteiger partial charge >= 0.3 is 0 Å². The molecule has 0 saturated carbocycles. The minimum absolute atomic E-state index is 0.139. The zero-order valence-corrected chi connectivity index (χ0v) is 3.63. The highest BCUT2D eigenvalue weighted by molar-refractivity contribution is 5.27. The number of hydrogen-bond donors (Lipinski definition) is 1. The van der Waals surface area contributed by atoms with Gasteiger partial charge in [0.05, 0.1) is 0 Å². The van der Waals surface area contributed by atoms with Crippen LogP contribution in [-0.4, -0.2) is 4.79 Å². The zero-order chi connectivity index (χ0) is 5.28. The van der Waals surface area contributed by atoms with E-state index in [1.165, 1.54) is 18.3 Å². The molecular weight excluding hydrogens is 95.1 g/mol. The molecular formula is C4H5FN2. The topological polar surface area (TPSA) is 30.9 Å². The maximum absolute atomic E-state index is 11.9. The Morgan fingerprint density at radius 1 is 1.71 bits per heavy atom. The molecule has 0 unspecified atom stereocenters. The Balaban J connectivity index is 3.12. The number of hydrogen-bond acceptors (Lipinski definition) is 1. The highest BCUT2D eigenvalue weighted by Gasteiger charge is 1.87. The molecule has 7 heavy (non-hydrogen) atoms. The number of rotatable bonds is 0. The normalized spacial score (nSPS) is 9.29. The first-order chi connectivity index (χ1) is 3.30. The predicted molar refractivity (Wildman–Crippen MR) is 25.4 cm³/mol. The van der Waals surface area contributed by atoms with Crippen LogP contribution in [0.25, 0.3) is 0 Å². The summed E-state index contributed by atoms with van der Waals surface area (Å²) in [6, 6.07) is 3.02. The molecule has 0 spiro atoms. The second kappa shape index (κ2) is 1.26. The fourth-order valence-corrected chi connectivity index (χ4v) is 0.374. The third-order valence-electron chi connectivity index (χ3n) is 0.731. The first-order valence-corrected chi connectivity index (χ1v) is 1.89. The average molecular weight is 100 g/mol. The summed E-state index contributed by atoms with van der Waals surface area (Å²) in [5.41, 5.74) is 5.03. The van der Waals surface area contributed by atoms with Crippen molar-refractivity contribution in [3.05, 3.63) is 18.3 Å². The number of nitrogen functional groups attached to an aromatic ring is 1. The molecule has 0 amide bonds. The second-order valence-corrected chi connectivity index (χ2v) is 1.24. The summed E-state index contributed by atoms with van der Waals surface area (Å²) in [4.78, 5) is 0.361. The van der Waals surface area contributed by atoms with Crippen molar-refractivity contribution in [3.63, 3.8) is 0 Å². The molecule has 0 atom stereocenters. The Bertz CT molecular complexity index is 142. The van der Waals surface area contributed by atoms with Crippen LogP contribution in [0.1, 0.15) is 0 Å². The maximum atomic E-state index is 11.9. The largest absolute Gasteiger partial charge is 0.383 e. The third-order valence-corrected chi connectivity index (χ3v) is 0.731. The molecule has 1 heterocycles. The van der Waals surface area contributed by atoms with Crippen LogP contribution >= 0.6 is 0 Å². The van der Waals surface area contributed by atoms with Gasteiger partial charge in [-0.15, -0.1) is 0 Å². The summed E-state index contributed by atoms with van der Waals surface area (Å²) in [6.07, 6.45) is 1.25. The highest BCUT2D eigenvalue weighted by Crippen LogP contribution is 2.00. The van der Waals surface area contributed by atoms with Crippen molar-refractivity contribution in [1.29, 1.82) is 0 Å². The van der Waals surface area contributed by atoms with Crippen molar-refractivity contribution >= 4 is 5.82 Å². The Hall–Kier alpha value is -0.990. The molecule has 1 aromatic heterocycles. The minimum atomic E-state index is 0.139. The van der Waals surface area contributed by atoms with Crippen molar-refractivity contribution in [1.82, 2.24) is 4.79 Å². The van der Waals surface area contributed by atoms with Crippen LogP contribution in [0.2, 0.25) is 0 Å². The molecule has 38 valence electrons. The van der Waals surface area contributed by atoms with Gasteiger partial charge in [-0.05, 0) is 12.1 Å². The smallest absolute Gasteiger partial charge is 0.134 e. The van der Waals surface area contributed by atoms with E-state index in [1.807, 2.05) is 0 Å². The van der Waals surface area contributed by atoms with Gasteiger partial charge in [0.25, 0.3) is 0 Å². The van der Waals surface area contributed by atoms with Gasteiger partial charge in [0.15, 0.2) is 0 Å². The highest BCUT2D eigenvalue weighted by atomic mass is 19.2. The van der Waals surface area contributed by atoms with Crippen molar-refractivity contribution in [2.75, 3.05) is 5.73 Å². The van der Waals surface area contributed by atoms with Crippen molar-refractivity contribution in [2.24, 2.45) is 0 Å². The molecule has 0 radical (unpaired) electrons. The molecule has 2 nitrogen and oxygen atoms in total. The predicted octanol–water partition coefficient (Wildman–Crippen LogP) is 0.803. The Morgan fingerprint density at radius 2 is 2.43 bits per heavy atom. The van der Waals surface area contributed by atoms with E-state index in [2.05, 4.69) is 0 Å². The third kappa shape index (κ3) is 0.559. The van der Waals surface area contributed by atoms with Crippen LogP contribution in [0.3, 0.4) is 0 Å². The Labute approximate surface area is 40.3 Å². The summed E-state index contributed by atoms with van der Waals surface area (Å²) < 4.78 is 11.9. The van der Waals surface area contributed by atoms with Crippen LogP contribution < -0.4 is 5.73 Å². The van der Waals surface area contributed by atoms with Crippen molar-refractivity contribution < 1.29 is 4.48 Å². The van der Waals surface area contributed by atoms with Crippen LogP contribution in [0.15, 0.2) is 18.3 Å². The van der Waals surface area contributed by atoms with Gasteiger partial charge in [-0.25, -0.2) is 0 Å². The van der Waals surface area contributed by atoms with Crippen LogP contribution in [0, 0.1) is 0 Å². The number of anilines is 1. The second-order valence-electron chi connectivity index (χ2n) is 1.24. The molecule has 0 aliphatic heterocycles. The molecule has 0 saturated heterocycles. The molecule has 0 fully saturated rings. The lowest BCUT2D eigenvalue weighted by molar-refractivity contribution is 0.379. The van der Waals surface area contributed by atoms with E-state index in [9.17, 15) is 4.48 Å². The molecule has 0 aliphatic rings. The molecule has 1 rings (SSSR count). The van der Waals surface area contributed by atoms with Crippen LogP contribution in [0.4, 0.5) is 10.3 Å². The lowest BCUT2D eigenvalue weighted by atomic mass is 10.6. The van der Waals surface area contributed by atoms with E-state index < -0.39 is 0 Å². The summed E-state index contributed by atoms with van der Waals surface area (Å²) in [5.74, 6) is 0.139. The summed E-state index contributed by atoms with van der Waals surface area (Å²) in [5, 5.41) is 0. The summed E-state index contributed by atoms with van der Waals surface area (Å²) in [7, 11) is 0. The van der Waals surface area contributed by atoms with Gasteiger partial charge in [-0.3, -0.25) is 0 Å². The lowest BCUT2D eigenvalue weighted by Crippen LogP contribution is -1.88. The molecule has 2 N–H and O–H groups in total. The van der Waals surface area contributed by atoms with Gasteiger partial charge in [-0.1, -0.05) is 4.48 Å². The first kappa shape index (κ1) is 4.18. The molecule has 0 bridgehead atoms. The first-order valence-electron chi connectivity index (χ1n) is 1.89. The van der Waals surface area contributed by atoms with Gasteiger partial charge in [0.1, 0.15) is 5.82 Å². The fraction of sp³-hybridized carbons (Fsp3) is 0. The molecule has 1 aromatic rings. The Kier molecular flexibility index (Phi) is 0.749. The lowest BCUT2D eigenvalue weighted by Gasteiger charge is -1.83. The summed E-state index contributed by atoms with van der Waals surface area (Å²) >= 11 is 0. The maximum Gasteiger partial charge on any atom is 0.134 e. The minimum Gasteiger partial charge on any atom is -0.383 e. The van der Waals surface area contributed by atoms with Gasteiger partial charge < -0.3 is 5.73 Å². The standard InChI is InChI=1S/C4H5FN2/c5-7-3-1-2-4(7)6/h1-3H,6H2. The van der Waals surface area contributed by atoms with Crippen LogP contribution in [0.5, 0.6) is 0 Å². The van der Waals surface area contributed by atoms with Crippen LogP contribution in [-0.2, 0) is 0 Å². The van der Waals surface area contributed by atoms with E-state index >= 15 is 0 Å².